The standard InChI is InChI=1S/C17H25N3O5.ClH/c1-4-25-16-9-14(20(22)23)13(8-15(16)24-3)17(21)19-7-5-6-12(11-19)10-18-2;/h8-9,12,18H,4-7,10-11H2,1-3H3;1H. The molecular formula is C17H26ClN3O5. The first-order valence-electron chi connectivity index (χ1n) is 8.44. The molecule has 0 aromatic heterocycles. The van der Waals surface area contributed by atoms with Crippen LogP contribution in [-0.4, -0.2) is 56.1 Å². The fourth-order valence-electron chi connectivity index (χ4n) is 3.17. The molecule has 0 radical (unpaired) electrons. The number of carbonyl (C=O) groups excluding carboxylic acids is 1. The van der Waals surface area contributed by atoms with Crippen molar-refractivity contribution in [2.45, 2.75) is 19.8 Å². The van der Waals surface area contributed by atoms with E-state index in [1.54, 1.807) is 11.8 Å². The van der Waals surface area contributed by atoms with Crippen molar-refractivity contribution in [2.75, 3.05) is 40.4 Å². The second-order valence-electron chi connectivity index (χ2n) is 6.03. The number of benzene rings is 1. The number of amides is 1. The summed E-state index contributed by atoms with van der Waals surface area (Å²) in [5, 5.41) is 14.6. The van der Waals surface area contributed by atoms with Gasteiger partial charge in [0.15, 0.2) is 11.5 Å². The van der Waals surface area contributed by atoms with Gasteiger partial charge in [0.1, 0.15) is 5.56 Å². The van der Waals surface area contributed by atoms with Crippen LogP contribution in [0.15, 0.2) is 12.1 Å². The van der Waals surface area contributed by atoms with Crippen LogP contribution >= 0.6 is 12.4 Å². The highest BCUT2D eigenvalue weighted by atomic mass is 35.5. The molecule has 1 saturated heterocycles. The van der Waals surface area contributed by atoms with Crippen molar-refractivity contribution in [3.8, 4) is 11.5 Å². The number of hydrogen-bond acceptors (Lipinski definition) is 6. The molecule has 1 aromatic carbocycles. The fourth-order valence-corrected chi connectivity index (χ4v) is 3.17. The number of methoxy groups -OCH3 is 1. The maximum Gasteiger partial charge on any atom is 0.286 e. The summed E-state index contributed by atoms with van der Waals surface area (Å²) in [5.41, 5.74) is -0.222. The summed E-state index contributed by atoms with van der Waals surface area (Å²) >= 11 is 0. The molecule has 8 nitrogen and oxygen atoms in total. The average Bonchev–Trinajstić information content (AvgIpc) is 2.61. The molecule has 0 bridgehead atoms. The van der Waals surface area contributed by atoms with Crippen LogP contribution in [0, 0.1) is 16.0 Å². The molecule has 0 aliphatic carbocycles. The number of halogens is 1. The van der Waals surface area contributed by atoms with Crippen LogP contribution in [0.2, 0.25) is 0 Å². The Morgan fingerprint density at radius 1 is 1.42 bits per heavy atom. The van der Waals surface area contributed by atoms with Crippen LogP contribution in [0.3, 0.4) is 0 Å². The van der Waals surface area contributed by atoms with Crippen molar-refractivity contribution < 1.29 is 19.2 Å². The summed E-state index contributed by atoms with van der Waals surface area (Å²) in [6.07, 6.45) is 1.93. The Morgan fingerprint density at radius 3 is 2.73 bits per heavy atom. The Morgan fingerprint density at radius 2 is 2.15 bits per heavy atom. The van der Waals surface area contributed by atoms with E-state index < -0.39 is 4.92 Å². The highest BCUT2D eigenvalue weighted by Crippen LogP contribution is 2.35. The summed E-state index contributed by atoms with van der Waals surface area (Å²) in [7, 11) is 3.32. The zero-order valence-corrected chi connectivity index (χ0v) is 16.1. The molecule has 1 fully saturated rings. The highest BCUT2D eigenvalue weighted by Gasteiger charge is 2.30. The number of hydrogen-bond donors (Lipinski definition) is 1. The van der Waals surface area contributed by atoms with Gasteiger partial charge in [0.05, 0.1) is 24.7 Å². The smallest absolute Gasteiger partial charge is 0.286 e. The number of ether oxygens (including phenoxy) is 2. The molecular weight excluding hydrogens is 362 g/mol. The Kier molecular flexibility index (Phi) is 8.60. The van der Waals surface area contributed by atoms with Gasteiger partial charge in [-0.25, -0.2) is 0 Å². The SMILES string of the molecule is CCOc1cc([N+](=O)[O-])c(C(=O)N2CCCC(CNC)C2)cc1OC.Cl. The molecule has 2 rings (SSSR count). The quantitative estimate of drug-likeness (QED) is 0.570. The van der Waals surface area contributed by atoms with Crippen LogP contribution in [0.4, 0.5) is 5.69 Å². The number of nitro benzene ring substituents is 1. The Balaban J connectivity index is 0.00000338. The fraction of sp³-hybridized carbons (Fsp3) is 0.588. The van der Waals surface area contributed by atoms with Gasteiger partial charge in [-0.2, -0.15) is 0 Å². The van der Waals surface area contributed by atoms with Crippen molar-refractivity contribution >= 4 is 24.0 Å². The number of piperidine rings is 1. The van der Waals surface area contributed by atoms with Crippen LogP contribution in [0.25, 0.3) is 0 Å². The molecule has 1 amide bonds. The Labute approximate surface area is 159 Å². The van der Waals surface area contributed by atoms with Gasteiger partial charge in [-0.3, -0.25) is 14.9 Å². The topological polar surface area (TPSA) is 93.9 Å². The normalized spacial score (nSPS) is 16.6. The second-order valence-corrected chi connectivity index (χ2v) is 6.03. The summed E-state index contributed by atoms with van der Waals surface area (Å²) in [4.78, 5) is 25.5. The molecule has 146 valence electrons. The number of likely N-dealkylation sites (tertiary alicyclic amines) is 1. The first-order valence-corrected chi connectivity index (χ1v) is 8.44. The second kappa shape index (κ2) is 10.2. The predicted octanol–water partition coefficient (Wildman–Crippen LogP) is 2.50. The van der Waals surface area contributed by atoms with Gasteiger partial charge in [0, 0.05) is 19.2 Å². The summed E-state index contributed by atoms with van der Waals surface area (Å²) in [6.45, 7) is 4.13. The van der Waals surface area contributed by atoms with Crippen molar-refractivity contribution in [1.29, 1.82) is 0 Å². The van der Waals surface area contributed by atoms with Gasteiger partial charge in [0.2, 0.25) is 0 Å². The van der Waals surface area contributed by atoms with E-state index in [1.807, 2.05) is 7.05 Å². The maximum atomic E-state index is 12.9. The molecule has 26 heavy (non-hydrogen) atoms. The Bertz CT molecular complexity index is 639. The van der Waals surface area contributed by atoms with E-state index in [9.17, 15) is 14.9 Å². The maximum absolute atomic E-state index is 12.9. The van der Waals surface area contributed by atoms with E-state index in [-0.39, 0.29) is 35.3 Å². The van der Waals surface area contributed by atoms with E-state index in [4.69, 9.17) is 9.47 Å². The molecule has 9 heteroatoms. The third-order valence-corrected chi connectivity index (χ3v) is 4.31. The number of nitro groups is 1. The molecule has 1 aromatic rings. The first kappa shape index (κ1) is 22.0. The summed E-state index contributed by atoms with van der Waals surface area (Å²) < 4.78 is 10.6. The minimum Gasteiger partial charge on any atom is -0.493 e. The lowest BCUT2D eigenvalue weighted by Crippen LogP contribution is -2.42. The van der Waals surface area contributed by atoms with Crippen molar-refractivity contribution in [1.82, 2.24) is 10.2 Å². The number of nitrogens with zero attached hydrogens (tertiary/aromatic N) is 2. The minimum absolute atomic E-state index is 0. The minimum atomic E-state index is -0.551. The van der Waals surface area contributed by atoms with E-state index >= 15 is 0 Å². The van der Waals surface area contributed by atoms with E-state index in [0.717, 1.165) is 19.4 Å². The molecule has 1 unspecified atom stereocenters. The van der Waals surface area contributed by atoms with Crippen LogP contribution in [-0.2, 0) is 0 Å². The van der Waals surface area contributed by atoms with E-state index in [1.165, 1.54) is 19.2 Å². The molecule has 0 saturated carbocycles. The molecule has 1 aliphatic heterocycles. The molecule has 1 N–H and O–H groups in total. The molecule has 1 aliphatic rings. The molecule has 1 atom stereocenters. The van der Waals surface area contributed by atoms with E-state index in [2.05, 4.69) is 5.32 Å². The van der Waals surface area contributed by atoms with Crippen molar-refractivity contribution in [3.63, 3.8) is 0 Å². The van der Waals surface area contributed by atoms with Crippen molar-refractivity contribution in [3.05, 3.63) is 27.8 Å². The first-order chi connectivity index (χ1) is 12.0. The third-order valence-electron chi connectivity index (χ3n) is 4.31. The highest BCUT2D eigenvalue weighted by molar-refractivity contribution is 5.99. The zero-order valence-electron chi connectivity index (χ0n) is 15.3. The monoisotopic (exact) mass is 387 g/mol. The lowest BCUT2D eigenvalue weighted by molar-refractivity contribution is -0.385. The van der Waals surface area contributed by atoms with Gasteiger partial charge in [-0.15, -0.1) is 12.4 Å². The van der Waals surface area contributed by atoms with E-state index in [0.29, 0.717) is 31.4 Å². The number of carbonyl (C=O) groups is 1. The largest absolute Gasteiger partial charge is 0.493 e. The summed E-state index contributed by atoms with van der Waals surface area (Å²) in [5.74, 6) is 0.597. The van der Waals surface area contributed by atoms with Crippen molar-refractivity contribution in [2.24, 2.45) is 5.92 Å². The van der Waals surface area contributed by atoms with Gasteiger partial charge >= 0.3 is 0 Å². The van der Waals surface area contributed by atoms with Gasteiger partial charge < -0.3 is 19.7 Å². The lowest BCUT2D eigenvalue weighted by Gasteiger charge is -2.32. The third kappa shape index (κ3) is 4.98. The average molecular weight is 388 g/mol. The van der Waals surface area contributed by atoms with Gasteiger partial charge in [0.25, 0.3) is 11.6 Å². The predicted molar refractivity (Wildman–Crippen MR) is 101 cm³/mol. The molecule has 0 spiro atoms. The summed E-state index contributed by atoms with van der Waals surface area (Å²) in [6, 6.07) is 2.68. The Hall–Kier alpha value is -2.06. The number of nitrogens with one attached hydrogen (secondary N) is 1. The van der Waals surface area contributed by atoms with Crippen LogP contribution in [0.1, 0.15) is 30.1 Å². The van der Waals surface area contributed by atoms with Crippen LogP contribution < -0.4 is 14.8 Å². The zero-order chi connectivity index (χ0) is 18.4. The number of rotatable bonds is 7. The lowest BCUT2D eigenvalue weighted by atomic mass is 9.97. The van der Waals surface area contributed by atoms with Gasteiger partial charge in [-0.1, -0.05) is 0 Å². The molecule has 1 heterocycles. The van der Waals surface area contributed by atoms with Gasteiger partial charge in [-0.05, 0) is 39.3 Å². The van der Waals surface area contributed by atoms with Crippen LogP contribution in [0.5, 0.6) is 11.5 Å².